The summed E-state index contributed by atoms with van der Waals surface area (Å²) in [5.41, 5.74) is 3.50. The lowest BCUT2D eigenvalue weighted by atomic mass is 10.0. The van der Waals surface area contributed by atoms with Crippen molar-refractivity contribution in [2.75, 3.05) is 25.0 Å². The van der Waals surface area contributed by atoms with Crippen molar-refractivity contribution < 1.29 is 13.2 Å². The number of carbonyl (C=O) groups is 1. The van der Waals surface area contributed by atoms with Crippen molar-refractivity contribution in [2.45, 2.75) is 38.5 Å². The number of sulfonamides is 1. The third-order valence-electron chi connectivity index (χ3n) is 5.32. The van der Waals surface area contributed by atoms with E-state index < -0.39 is 10.0 Å². The number of anilines is 1. The minimum absolute atomic E-state index is 0.121. The zero-order chi connectivity index (χ0) is 20.3. The van der Waals surface area contributed by atoms with Crippen LogP contribution < -0.4 is 5.32 Å². The molecule has 1 unspecified atom stereocenters. The molecule has 1 atom stereocenters. The quantitative estimate of drug-likeness (QED) is 0.744. The van der Waals surface area contributed by atoms with Crippen LogP contribution >= 0.6 is 0 Å². The summed E-state index contributed by atoms with van der Waals surface area (Å²) in [5.74, 6) is 0.224. The van der Waals surface area contributed by atoms with Gasteiger partial charge in [-0.15, -0.1) is 0 Å². The second kappa shape index (κ2) is 8.45. The molecule has 28 heavy (non-hydrogen) atoms. The topological polar surface area (TPSA) is 66.5 Å². The van der Waals surface area contributed by atoms with E-state index in [0.29, 0.717) is 24.6 Å². The average molecular weight is 401 g/mol. The van der Waals surface area contributed by atoms with Crippen molar-refractivity contribution in [1.82, 2.24) is 4.31 Å². The van der Waals surface area contributed by atoms with Crippen molar-refractivity contribution >= 4 is 21.5 Å². The highest BCUT2D eigenvalue weighted by atomic mass is 32.2. The fraction of sp³-hybridized carbons (Fsp3) is 0.409. The molecule has 1 aliphatic rings. The average Bonchev–Trinajstić information content (AvgIpc) is 2.67. The summed E-state index contributed by atoms with van der Waals surface area (Å²) in [6, 6.07) is 12.4. The minimum Gasteiger partial charge on any atom is -0.377 e. The van der Waals surface area contributed by atoms with Gasteiger partial charge in [0.15, 0.2) is 5.78 Å². The van der Waals surface area contributed by atoms with Crippen LogP contribution in [-0.2, 0) is 10.0 Å². The number of hydrogen-bond acceptors (Lipinski definition) is 4. The molecule has 2 aromatic carbocycles. The number of nitrogens with zero attached hydrogens (tertiary/aromatic N) is 1. The lowest BCUT2D eigenvalue weighted by Crippen LogP contribution is -2.39. The molecule has 5 nitrogen and oxygen atoms in total. The molecule has 0 aliphatic carbocycles. The lowest BCUT2D eigenvalue weighted by Gasteiger charge is -2.30. The van der Waals surface area contributed by atoms with Gasteiger partial charge in [0, 0.05) is 24.3 Å². The van der Waals surface area contributed by atoms with Gasteiger partial charge in [-0.1, -0.05) is 37.3 Å². The van der Waals surface area contributed by atoms with Gasteiger partial charge in [-0.3, -0.25) is 4.79 Å². The Balaban J connectivity index is 1.76. The molecule has 2 aromatic rings. The van der Waals surface area contributed by atoms with Crippen LogP contribution in [-0.4, -0.2) is 38.1 Å². The fourth-order valence-corrected chi connectivity index (χ4v) is 5.35. The summed E-state index contributed by atoms with van der Waals surface area (Å²) in [6.45, 7) is 7.25. The third kappa shape index (κ3) is 4.45. The molecule has 1 saturated heterocycles. The van der Waals surface area contributed by atoms with Crippen LogP contribution in [0.4, 0.5) is 5.69 Å². The van der Waals surface area contributed by atoms with E-state index in [-0.39, 0.29) is 17.2 Å². The maximum absolute atomic E-state index is 13.0. The zero-order valence-corrected chi connectivity index (χ0v) is 17.6. The van der Waals surface area contributed by atoms with E-state index in [0.717, 1.165) is 29.7 Å². The predicted molar refractivity (Wildman–Crippen MR) is 112 cm³/mol. The largest absolute Gasteiger partial charge is 0.377 e. The summed E-state index contributed by atoms with van der Waals surface area (Å²) in [5, 5.41) is 3.20. The van der Waals surface area contributed by atoms with E-state index in [1.165, 1.54) is 6.07 Å². The standard InChI is InChI=1S/C22H28N2O3S/c1-16-7-6-12-24(15-16)28(26,27)20-11-5-10-19(13-20)21(25)14-23-22-17(2)8-4-9-18(22)3/h4-5,8-11,13,16,23H,6-7,12,14-15H2,1-3H3. The Morgan fingerprint density at radius 2 is 1.82 bits per heavy atom. The first-order valence-corrected chi connectivity index (χ1v) is 11.2. The summed E-state index contributed by atoms with van der Waals surface area (Å²) in [6.07, 6.45) is 1.92. The molecule has 0 radical (unpaired) electrons. The molecule has 1 fully saturated rings. The Hall–Kier alpha value is -2.18. The maximum atomic E-state index is 13.0. The van der Waals surface area contributed by atoms with E-state index in [1.807, 2.05) is 32.0 Å². The Morgan fingerprint density at radius 1 is 1.14 bits per heavy atom. The first kappa shape index (κ1) is 20.6. The van der Waals surface area contributed by atoms with Gasteiger partial charge in [-0.05, 0) is 55.9 Å². The number of para-hydroxylation sites is 1. The summed E-state index contributed by atoms with van der Waals surface area (Å²) < 4.78 is 27.5. The number of ketones is 1. The molecular weight excluding hydrogens is 372 g/mol. The van der Waals surface area contributed by atoms with Crippen molar-refractivity contribution in [3.8, 4) is 0 Å². The zero-order valence-electron chi connectivity index (χ0n) is 16.7. The van der Waals surface area contributed by atoms with Crippen LogP contribution in [0.1, 0.15) is 41.3 Å². The molecular formula is C22H28N2O3S. The molecule has 0 aromatic heterocycles. The van der Waals surface area contributed by atoms with Crippen molar-refractivity contribution in [1.29, 1.82) is 0 Å². The predicted octanol–water partition coefficient (Wildman–Crippen LogP) is 4.02. The Morgan fingerprint density at radius 3 is 2.50 bits per heavy atom. The van der Waals surface area contributed by atoms with E-state index in [1.54, 1.807) is 22.5 Å². The first-order valence-electron chi connectivity index (χ1n) is 9.72. The van der Waals surface area contributed by atoms with Gasteiger partial charge in [0.25, 0.3) is 0 Å². The number of benzene rings is 2. The van der Waals surface area contributed by atoms with Crippen LogP contribution in [0.3, 0.4) is 0 Å². The second-order valence-electron chi connectivity index (χ2n) is 7.68. The van der Waals surface area contributed by atoms with Crippen LogP contribution in [0.15, 0.2) is 47.4 Å². The number of rotatable bonds is 6. The molecule has 0 saturated carbocycles. The van der Waals surface area contributed by atoms with Crippen LogP contribution in [0.25, 0.3) is 0 Å². The lowest BCUT2D eigenvalue weighted by molar-refractivity contribution is 0.101. The van der Waals surface area contributed by atoms with Gasteiger partial charge in [0.05, 0.1) is 11.4 Å². The molecule has 1 aliphatic heterocycles. The highest BCUT2D eigenvalue weighted by molar-refractivity contribution is 7.89. The van der Waals surface area contributed by atoms with Crippen molar-refractivity contribution in [3.63, 3.8) is 0 Å². The summed E-state index contributed by atoms with van der Waals surface area (Å²) in [4.78, 5) is 12.9. The van der Waals surface area contributed by atoms with Gasteiger partial charge < -0.3 is 5.32 Å². The van der Waals surface area contributed by atoms with Crippen LogP contribution in [0.5, 0.6) is 0 Å². The van der Waals surface area contributed by atoms with Crippen molar-refractivity contribution in [2.24, 2.45) is 5.92 Å². The highest BCUT2D eigenvalue weighted by Gasteiger charge is 2.29. The Labute approximate surface area is 167 Å². The molecule has 0 spiro atoms. The smallest absolute Gasteiger partial charge is 0.243 e. The number of nitrogens with one attached hydrogen (secondary N) is 1. The number of carbonyl (C=O) groups excluding carboxylic acids is 1. The maximum Gasteiger partial charge on any atom is 0.243 e. The van der Waals surface area contributed by atoms with E-state index in [9.17, 15) is 13.2 Å². The Kier molecular flexibility index (Phi) is 6.20. The summed E-state index contributed by atoms with van der Waals surface area (Å²) >= 11 is 0. The molecule has 150 valence electrons. The molecule has 3 rings (SSSR count). The van der Waals surface area contributed by atoms with Crippen molar-refractivity contribution in [3.05, 3.63) is 59.2 Å². The Bertz CT molecular complexity index is 949. The highest BCUT2D eigenvalue weighted by Crippen LogP contribution is 2.24. The monoisotopic (exact) mass is 400 g/mol. The molecule has 1 heterocycles. The normalized spacial score (nSPS) is 18.0. The van der Waals surface area contributed by atoms with E-state index in [4.69, 9.17) is 0 Å². The van der Waals surface area contributed by atoms with Crippen LogP contribution in [0.2, 0.25) is 0 Å². The minimum atomic E-state index is -3.57. The fourth-order valence-electron chi connectivity index (χ4n) is 3.71. The third-order valence-corrected chi connectivity index (χ3v) is 7.18. The van der Waals surface area contributed by atoms with E-state index >= 15 is 0 Å². The first-order chi connectivity index (χ1) is 13.3. The number of Topliss-reactive ketones (excluding diaryl/α,β-unsaturated/α-hetero) is 1. The second-order valence-corrected chi connectivity index (χ2v) is 9.62. The van der Waals surface area contributed by atoms with Gasteiger partial charge >= 0.3 is 0 Å². The number of piperidine rings is 1. The summed E-state index contributed by atoms with van der Waals surface area (Å²) in [7, 11) is -3.57. The van der Waals surface area contributed by atoms with Crippen LogP contribution in [0, 0.1) is 19.8 Å². The van der Waals surface area contributed by atoms with Gasteiger partial charge in [-0.25, -0.2) is 8.42 Å². The van der Waals surface area contributed by atoms with Gasteiger partial charge in [0.1, 0.15) is 0 Å². The molecule has 1 N–H and O–H groups in total. The molecule has 6 heteroatoms. The molecule has 0 bridgehead atoms. The SMILES string of the molecule is Cc1cccc(C)c1NCC(=O)c1cccc(S(=O)(=O)N2CCCC(C)C2)c1. The van der Waals surface area contributed by atoms with Gasteiger partial charge in [-0.2, -0.15) is 4.31 Å². The molecule has 0 amide bonds. The van der Waals surface area contributed by atoms with E-state index in [2.05, 4.69) is 12.2 Å². The number of hydrogen-bond donors (Lipinski definition) is 1. The number of aryl methyl sites for hydroxylation is 2. The van der Waals surface area contributed by atoms with Gasteiger partial charge in [0.2, 0.25) is 10.0 Å².